The molecule has 13 nitrogen and oxygen atoms in total. The summed E-state index contributed by atoms with van der Waals surface area (Å²) in [6.45, 7) is 6.58. The highest BCUT2D eigenvalue weighted by Crippen LogP contribution is 2.42. The molecule has 3 fully saturated rings. The Morgan fingerprint density at radius 2 is 1.43 bits per heavy atom. The number of hydrogen-bond donors (Lipinski definition) is 2. The van der Waals surface area contributed by atoms with E-state index >= 15 is 0 Å². The van der Waals surface area contributed by atoms with Crippen LogP contribution in [0.25, 0.3) is 0 Å². The van der Waals surface area contributed by atoms with Gasteiger partial charge < -0.3 is 4.74 Å². The second-order valence-electron chi connectivity index (χ2n) is 11.9. The molecule has 0 amide bonds. The van der Waals surface area contributed by atoms with Gasteiger partial charge in [0.15, 0.2) is 0 Å². The van der Waals surface area contributed by atoms with Crippen LogP contribution in [0.2, 0.25) is 0 Å². The molecule has 2 unspecified atom stereocenters. The summed E-state index contributed by atoms with van der Waals surface area (Å²) in [5.41, 5.74) is 0.348. The van der Waals surface area contributed by atoms with Crippen LogP contribution in [0.5, 0.6) is 5.75 Å². The lowest BCUT2D eigenvalue weighted by molar-refractivity contribution is -0.275. The van der Waals surface area contributed by atoms with E-state index in [-0.39, 0.29) is 64.4 Å². The van der Waals surface area contributed by atoms with Gasteiger partial charge in [0.25, 0.3) is 0 Å². The number of piperidine rings is 1. The van der Waals surface area contributed by atoms with Crippen molar-refractivity contribution in [2.75, 3.05) is 39.3 Å². The summed E-state index contributed by atoms with van der Waals surface area (Å²) < 4.78 is 152. The van der Waals surface area contributed by atoms with Gasteiger partial charge in [0.2, 0.25) is 40.1 Å². The highest BCUT2D eigenvalue weighted by Gasteiger charge is 2.42. The van der Waals surface area contributed by atoms with Crippen LogP contribution in [-0.2, 0) is 40.1 Å². The predicted molar refractivity (Wildman–Crippen MR) is 168 cm³/mol. The van der Waals surface area contributed by atoms with E-state index in [1.165, 1.54) is 10.4 Å². The Bertz CT molecular complexity index is 1770. The van der Waals surface area contributed by atoms with Crippen LogP contribution in [0.1, 0.15) is 50.0 Å². The fourth-order valence-corrected chi connectivity index (χ4v) is 11.2. The van der Waals surface area contributed by atoms with Gasteiger partial charge in [0.05, 0.1) is 5.25 Å². The number of rotatable bonds is 14. The molecule has 266 valence electrons. The average Bonchev–Trinajstić information content (AvgIpc) is 3.70. The molecule has 0 spiro atoms. The molecular weight excluding hydrogens is 710 g/mol. The molecule has 0 aromatic heterocycles. The number of benzene rings is 1. The van der Waals surface area contributed by atoms with Crippen molar-refractivity contribution >= 4 is 40.1 Å². The third-order valence-electron chi connectivity index (χ3n) is 8.76. The van der Waals surface area contributed by atoms with Gasteiger partial charge in [-0.05, 0) is 74.0 Å². The number of ether oxygens (including phenoxy) is 1. The molecule has 2 aliphatic heterocycles. The van der Waals surface area contributed by atoms with E-state index in [1.807, 2.05) is 0 Å². The van der Waals surface area contributed by atoms with Crippen LogP contribution < -0.4 is 14.2 Å². The van der Waals surface area contributed by atoms with Gasteiger partial charge in [-0.15, -0.1) is 13.2 Å². The summed E-state index contributed by atoms with van der Waals surface area (Å²) in [5, 5.41) is 0.671. The van der Waals surface area contributed by atoms with E-state index in [0.29, 0.717) is 30.2 Å². The molecular formula is C27H39F3N4O9S4. The molecule has 1 aliphatic carbocycles. The fourth-order valence-electron chi connectivity index (χ4n) is 6.24. The first-order valence-corrected chi connectivity index (χ1v) is 20.9. The Morgan fingerprint density at radius 1 is 0.830 bits per heavy atom. The summed E-state index contributed by atoms with van der Waals surface area (Å²) in [7, 11) is -15.8. The molecule has 3 aliphatic rings. The maximum absolute atomic E-state index is 13.7. The average molecular weight is 749 g/mol. The Labute approximate surface area is 274 Å². The van der Waals surface area contributed by atoms with Gasteiger partial charge in [0, 0.05) is 50.1 Å². The molecule has 0 radical (unpaired) electrons. The summed E-state index contributed by atoms with van der Waals surface area (Å²) in [6, 6.07) is 3.33. The van der Waals surface area contributed by atoms with E-state index in [1.54, 1.807) is 0 Å². The Hall–Kier alpha value is -2.07. The monoisotopic (exact) mass is 748 g/mol. The zero-order valence-electron chi connectivity index (χ0n) is 25.4. The summed E-state index contributed by atoms with van der Waals surface area (Å²) >= 11 is 0. The Balaban J connectivity index is 1.51. The maximum atomic E-state index is 13.7. The summed E-state index contributed by atoms with van der Waals surface area (Å²) in [6.07, 6.45) is -3.07. The number of nitrogens with zero attached hydrogens (tertiary/aromatic N) is 2. The molecule has 4 rings (SSSR count). The molecule has 47 heavy (non-hydrogen) atoms. The van der Waals surface area contributed by atoms with E-state index in [9.17, 15) is 46.8 Å². The molecule has 2 heterocycles. The fraction of sp³-hybridized carbons (Fsp3) is 0.630. The summed E-state index contributed by atoms with van der Waals surface area (Å²) in [5.74, 6) is -2.08. The second kappa shape index (κ2) is 14.4. The minimum atomic E-state index is -5.19. The van der Waals surface area contributed by atoms with Gasteiger partial charge in [0.1, 0.15) is 10.6 Å². The molecule has 1 aromatic rings. The minimum Gasteiger partial charge on any atom is -0.404 e. The first-order valence-electron chi connectivity index (χ1n) is 14.9. The van der Waals surface area contributed by atoms with E-state index in [4.69, 9.17) is 0 Å². The van der Waals surface area contributed by atoms with Gasteiger partial charge in [-0.25, -0.2) is 47.4 Å². The van der Waals surface area contributed by atoms with E-state index in [2.05, 4.69) is 27.3 Å². The molecule has 4 atom stereocenters. The highest BCUT2D eigenvalue weighted by atomic mass is 32.2. The van der Waals surface area contributed by atoms with Crippen molar-refractivity contribution < 1.29 is 51.6 Å². The van der Waals surface area contributed by atoms with Crippen LogP contribution >= 0.6 is 0 Å². The standard InChI is InChI=1S/C27H39F3N4O9S4/c1-3-44(35,36)31-16-20-6-5-12-33(18-20)46(39,40)24-9-7-22(14-24)23-8-10-25(43-27(28,29)30)26(15-23)47(41,42)34-13-11-21(19-34)17-32-45(37,38)4-2/h3-4,8,10,15,20-22,24,31-32H,1-2,5-7,9,11-14,16-19H2/t20-,21-,22?,24?/m1/s1. The zero-order valence-corrected chi connectivity index (χ0v) is 28.7. The molecule has 2 saturated heterocycles. The van der Waals surface area contributed by atoms with Gasteiger partial charge in [-0.2, -0.15) is 4.31 Å². The van der Waals surface area contributed by atoms with Crippen molar-refractivity contribution in [3.63, 3.8) is 0 Å². The van der Waals surface area contributed by atoms with Crippen LogP contribution in [0.3, 0.4) is 0 Å². The van der Waals surface area contributed by atoms with E-state index < -0.39 is 74.2 Å². The molecule has 20 heteroatoms. The van der Waals surface area contributed by atoms with Crippen LogP contribution in [-0.4, -0.2) is 93.2 Å². The van der Waals surface area contributed by atoms with Crippen molar-refractivity contribution in [3.8, 4) is 5.75 Å². The topological polar surface area (TPSA) is 176 Å². The van der Waals surface area contributed by atoms with Crippen molar-refractivity contribution in [1.82, 2.24) is 18.1 Å². The van der Waals surface area contributed by atoms with Crippen LogP contribution in [0.15, 0.2) is 47.1 Å². The largest absolute Gasteiger partial charge is 0.573 e. The smallest absolute Gasteiger partial charge is 0.404 e. The molecule has 1 aromatic carbocycles. The molecule has 1 saturated carbocycles. The lowest BCUT2D eigenvalue weighted by atomic mass is 9.98. The third-order valence-corrected chi connectivity index (χ3v) is 15.0. The Kier molecular flexibility index (Phi) is 11.6. The van der Waals surface area contributed by atoms with Crippen molar-refractivity contribution in [3.05, 3.63) is 47.7 Å². The zero-order chi connectivity index (χ0) is 34.8. The lowest BCUT2D eigenvalue weighted by Crippen LogP contribution is -2.46. The van der Waals surface area contributed by atoms with Gasteiger partial charge in [-0.3, -0.25) is 0 Å². The van der Waals surface area contributed by atoms with Gasteiger partial charge >= 0.3 is 6.36 Å². The summed E-state index contributed by atoms with van der Waals surface area (Å²) in [4.78, 5) is -0.716. The maximum Gasteiger partial charge on any atom is 0.573 e. The number of hydrogen-bond acceptors (Lipinski definition) is 9. The van der Waals surface area contributed by atoms with Crippen molar-refractivity contribution in [2.45, 2.75) is 61.0 Å². The predicted octanol–water partition coefficient (Wildman–Crippen LogP) is 2.40. The van der Waals surface area contributed by atoms with Gasteiger partial charge in [-0.1, -0.05) is 19.2 Å². The first kappa shape index (κ1) is 37.7. The van der Waals surface area contributed by atoms with Crippen LogP contribution in [0, 0.1) is 11.8 Å². The minimum absolute atomic E-state index is 0.0550. The SMILES string of the molecule is C=CS(=O)(=O)NC[C@H]1CCN(S(=O)(=O)c2cc(C3CCC(S(=O)(=O)N4CCC[C@H](CNS(=O)(=O)C=C)C4)C3)ccc2OC(F)(F)F)C1. The number of sulfonamides is 4. The quantitative estimate of drug-likeness (QED) is 0.290. The number of halogens is 3. The normalized spacial score (nSPS) is 25.5. The molecule has 2 N–H and O–H groups in total. The highest BCUT2D eigenvalue weighted by molar-refractivity contribution is 7.92. The van der Waals surface area contributed by atoms with E-state index in [0.717, 1.165) is 21.8 Å². The third kappa shape index (κ3) is 9.55. The first-order chi connectivity index (χ1) is 21.8. The Morgan fingerprint density at radius 3 is 2.02 bits per heavy atom. The lowest BCUT2D eigenvalue weighted by Gasteiger charge is -2.33. The molecule has 0 bridgehead atoms. The number of nitrogens with one attached hydrogen (secondary N) is 2. The van der Waals surface area contributed by atoms with Crippen LogP contribution in [0.4, 0.5) is 13.2 Å². The van der Waals surface area contributed by atoms with Crippen molar-refractivity contribution in [1.29, 1.82) is 0 Å². The van der Waals surface area contributed by atoms with Crippen molar-refractivity contribution in [2.24, 2.45) is 11.8 Å². The second-order valence-corrected chi connectivity index (χ2v) is 19.5. The number of alkyl halides is 3.